The lowest BCUT2D eigenvalue weighted by molar-refractivity contribution is 0.0788. The van der Waals surface area contributed by atoms with Crippen molar-refractivity contribution in [1.29, 1.82) is 0 Å². The first-order valence-corrected chi connectivity index (χ1v) is 7.31. The number of nitrogens with zero attached hydrogens (tertiary/aromatic N) is 2. The van der Waals surface area contributed by atoms with Crippen LogP contribution in [-0.4, -0.2) is 59.8 Å². The molecule has 1 N–H and O–H groups in total. The van der Waals surface area contributed by atoms with E-state index >= 15 is 0 Å². The molecular formula is C14H30N2O. The second kappa shape index (κ2) is 8.06. The molecule has 17 heavy (non-hydrogen) atoms. The van der Waals surface area contributed by atoms with Crippen LogP contribution in [0.1, 0.15) is 46.5 Å². The minimum Gasteiger partial charge on any atom is -0.393 e. The summed E-state index contributed by atoms with van der Waals surface area (Å²) in [5.41, 5.74) is 0. The summed E-state index contributed by atoms with van der Waals surface area (Å²) < 4.78 is 0. The molecule has 1 heterocycles. The lowest BCUT2D eigenvalue weighted by Crippen LogP contribution is -2.45. The van der Waals surface area contributed by atoms with Gasteiger partial charge in [0, 0.05) is 19.1 Å². The molecule has 1 saturated heterocycles. The van der Waals surface area contributed by atoms with E-state index in [1.54, 1.807) is 0 Å². The number of hydrogen-bond acceptors (Lipinski definition) is 3. The smallest absolute Gasteiger partial charge is 0.0527 e. The van der Waals surface area contributed by atoms with Crippen molar-refractivity contribution in [3.05, 3.63) is 0 Å². The Bertz CT molecular complexity index is 193. The number of likely N-dealkylation sites (N-methyl/N-ethyl adjacent to an activating group) is 1. The Morgan fingerprint density at radius 1 is 1.29 bits per heavy atom. The van der Waals surface area contributed by atoms with Gasteiger partial charge in [0.1, 0.15) is 0 Å². The number of likely N-dealkylation sites (tertiary alicyclic amines) is 1. The van der Waals surface area contributed by atoms with Gasteiger partial charge in [0.05, 0.1) is 6.10 Å². The van der Waals surface area contributed by atoms with Gasteiger partial charge in [-0.3, -0.25) is 4.90 Å². The van der Waals surface area contributed by atoms with Crippen LogP contribution in [0.15, 0.2) is 0 Å². The summed E-state index contributed by atoms with van der Waals surface area (Å²) in [6, 6.07) is 0.610. The highest BCUT2D eigenvalue weighted by molar-refractivity contribution is 4.79. The minimum atomic E-state index is -0.158. The molecule has 0 aromatic heterocycles. The summed E-state index contributed by atoms with van der Waals surface area (Å²) in [6.07, 6.45) is 4.71. The third kappa shape index (κ3) is 5.36. The molecule has 0 amide bonds. The first kappa shape index (κ1) is 14.9. The standard InChI is InChI=1S/C14H30N2O/c1-4-15(5-2)10-11-16-9-7-6-8-14(16)12-13(3)17/h13-14,17H,4-12H2,1-3H3. The molecule has 0 bridgehead atoms. The Labute approximate surface area is 107 Å². The second-order valence-electron chi connectivity index (χ2n) is 5.30. The molecule has 1 rings (SSSR count). The van der Waals surface area contributed by atoms with Crippen molar-refractivity contribution in [1.82, 2.24) is 9.80 Å². The van der Waals surface area contributed by atoms with Gasteiger partial charge in [-0.05, 0) is 45.8 Å². The van der Waals surface area contributed by atoms with E-state index in [2.05, 4.69) is 23.6 Å². The lowest BCUT2D eigenvalue weighted by Gasteiger charge is -2.37. The second-order valence-corrected chi connectivity index (χ2v) is 5.30. The molecule has 0 aromatic carbocycles. The van der Waals surface area contributed by atoms with Crippen LogP contribution in [0, 0.1) is 0 Å². The molecule has 102 valence electrons. The SMILES string of the molecule is CCN(CC)CCN1CCCCC1CC(C)O. The molecule has 0 saturated carbocycles. The summed E-state index contributed by atoms with van der Waals surface area (Å²) in [6.45, 7) is 12.2. The van der Waals surface area contributed by atoms with E-state index in [4.69, 9.17) is 0 Å². The van der Waals surface area contributed by atoms with Crippen LogP contribution in [0.3, 0.4) is 0 Å². The minimum absolute atomic E-state index is 0.158. The van der Waals surface area contributed by atoms with Crippen molar-refractivity contribution in [2.75, 3.05) is 32.7 Å². The predicted molar refractivity (Wildman–Crippen MR) is 73.3 cm³/mol. The summed E-state index contributed by atoms with van der Waals surface area (Å²) in [5.74, 6) is 0. The molecule has 0 aliphatic carbocycles. The van der Waals surface area contributed by atoms with Crippen LogP contribution in [-0.2, 0) is 0 Å². The number of piperidine rings is 1. The van der Waals surface area contributed by atoms with Gasteiger partial charge in [-0.1, -0.05) is 20.3 Å². The fourth-order valence-corrected chi connectivity index (χ4v) is 2.82. The summed E-state index contributed by atoms with van der Waals surface area (Å²) >= 11 is 0. The van der Waals surface area contributed by atoms with Gasteiger partial charge in [-0.15, -0.1) is 0 Å². The zero-order valence-electron chi connectivity index (χ0n) is 11.9. The molecule has 0 spiro atoms. The van der Waals surface area contributed by atoms with Gasteiger partial charge in [0.2, 0.25) is 0 Å². The average Bonchev–Trinajstić information content (AvgIpc) is 2.31. The zero-order valence-corrected chi connectivity index (χ0v) is 11.9. The van der Waals surface area contributed by atoms with Gasteiger partial charge >= 0.3 is 0 Å². The van der Waals surface area contributed by atoms with Gasteiger partial charge < -0.3 is 10.0 Å². The maximum atomic E-state index is 9.56. The predicted octanol–water partition coefficient (Wildman–Crippen LogP) is 1.95. The molecule has 0 radical (unpaired) electrons. The largest absolute Gasteiger partial charge is 0.393 e. The lowest BCUT2D eigenvalue weighted by atomic mass is 9.97. The molecule has 3 nitrogen and oxygen atoms in total. The summed E-state index contributed by atoms with van der Waals surface area (Å²) in [7, 11) is 0. The normalized spacial score (nSPS) is 24.2. The highest BCUT2D eigenvalue weighted by Gasteiger charge is 2.23. The molecule has 1 fully saturated rings. The highest BCUT2D eigenvalue weighted by atomic mass is 16.3. The molecular weight excluding hydrogens is 212 g/mol. The molecule has 2 atom stereocenters. The van der Waals surface area contributed by atoms with Crippen molar-refractivity contribution in [2.45, 2.75) is 58.6 Å². The van der Waals surface area contributed by atoms with Crippen molar-refractivity contribution in [2.24, 2.45) is 0 Å². The van der Waals surface area contributed by atoms with Crippen molar-refractivity contribution >= 4 is 0 Å². The maximum Gasteiger partial charge on any atom is 0.0527 e. The van der Waals surface area contributed by atoms with E-state index < -0.39 is 0 Å². The fourth-order valence-electron chi connectivity index (χ4n) is 2.82. The number of rotatable bonds is 7. The average molecular weight is 242 g/mol. The topological polar surface area (TPSA) is 26.7 Å². The van der Waals surface area contributed by atoms with Crippen LogP contribution < -0.4 is 0 Å². The molecule has 0 aromatic rings. The monoisotopic (exact) mass is 242 g/mol. The van der Waals surface area contributed by atoms with Gasteiger partial charge in [-0.2, -0.15) is 0 Å². The van der Waals surface area contributed by atoms with E-state index in [-0.39, 0.29) is 6.10 Å². The Kier molecular flexibility index (Phi) is 7.09. The molecule has 1 aliphatic heterocycles. The van der Waals surface area contributed by atoms with E-state index in [0.29, 0.717) is 6.04 Å². The van der Waals surface area contributed by atoms with E-state index in [0.717, 1.165) is 19.5 Å². The Balaban J connectivity index is 2.36. The van der Waals surface area contributed by atoms with Crippen molar-refractivity contribution in [3.8, 4) is 0 Å². The quantitative estimate of drug-likeness (QED) is 0.739. The van der Waals surface area contributed by atoms with E-state index in [1.807, 2.05) is 6.92 Å². The Hall–Kier alpha value is -0.120. The first-order valence-electron chi connectivity index (χ1n) is 7.31. The number of aliphatic hydroxyl groups is 1. The molecule has 1 aliphatic rings. The van der Waals surface area contributed by atoms with Gasteiger partial charge in [0.25, 0.3) is 0 Å². The van der Waals surface area contributed by atoms with Crippen LogP contribution in [0.2, 0.25) is 0 Å². The third-order valence-electron chi connectivity index (χ3n) is 3.96. The Morgan fingerprint density at radius 3 is 2.59 bits per heavy atom. The molecule has 3 heteroatoms. The number of hydrogen-bond donors (Lipinski definition) is 1. The van der Waals surface area contributed by atoms with Crippen LogP contribution in [0.5, 0.6) is 0 Å². The summed E-state index contributed by atoms with van der Waals surface area (Å²) in [5, 5.41) is 9.56. The summed E-state index contributed by atoms with van der Waals surface area (Å²) in [4.78, 5) is 5.07. The maximum absolute atomic E-state index is 9.56. The molecule has 2 unspecified atom stereocenters. The first-order chi connectivity index (χ1) is 8.17. The highest BCUT2D eigenvalue weighted by Crippen LogP contribution is 2.20. The van der Waals surface area contributed by atoms with Crippen LogP contribution in [0.4, 0.5) is 0 Å². The van der Waals surface area contributed by atoms with Gasteiger partial charge in [-0.25, -0.2) is 0 Å². The van der Waals surface area contributed by atoms with E-state index in [1.165, 1.54) is 38.9 Å². The van der Waals surface area contributed by atoms with Gasteiger partial charge in [0.15, 0.2) is 0 Å². The van der Waals surface area contributed by atoms with Crippen molar-refractivity contribution < 1.29 is 5.11 Å². The zero-order chi connectivity index (χ0) is 12.7. The Morgan fingerprint density at radius 2 is 2.00 bits per heavy atom. The fraction of sp³-hybridized carbons (Fsp3) is 1.00. The number of aliphatic hydroxyl groups excluding tert-OH is 1. The van der Waals surface area contributed by atoms with Crippen molar-refractivity contribution in [3.63, 3.8) is 0 Å². The van der Waals surface area contributed by atoms with Crippen LogP contribution in [0.25, 0.3) is 0 Å². The van der Waals surface area contributed by atoms with E-state index in [9.17, 15) is 5.11 Å². The third-order valence-corrected chi connectivity index (χ3v) is 3.96. The van der Waals surface area contributed by atoms with Crippen LogP contribution >= 0.6 is 0 Å².